The first-order chi connectivity index (χ1) is 9.61. The summed E-state index contributed by atoms with van der Waals surface area (Å²) in [7, 11) is 2.11. The van der Waals surface area contributed by atoms with Crippen molar-refractivity contribution in [3.8, 4) is 0 Å². The highest BCUT2D eigenvalue weighted by atomic mass is 16.3. The molecule has 20 heavy (non-hydrogen) atoms. The lowest BCUT2D eigenvalue weighted by molar-refractivity contribution is 0.0945. The van der Waals surface area contributed by atoms with E-state index in [1.54, 1.807) is 0 Å². The summed E-state index contributed by atoms with van der Waals surface area (Å²) in [5.74, 6) is -0.0982. The Kier molecular flexibility index (Phi) is 5.11. The van der Waals surface area contributed by atoms with Crippen molar-refractivity contribution in [2.24, 2.45) is 5.73 Å². The van der Waals surface area contributed by atoms with Crippen molar-refractivity contribution in [2.75, 3.05) is 26.7 Å². The standard InChI is InChI=1S/C13H22N4O3/c1-17-6-2-3-9(17)4-5-15-12(19)11-8-20-13(16-11)10(14)7-18/h8-10,18H,2-7,14H2,1H3,(H,15,19). The number of nitrogens with two attached hydrogens (primary N) is 1. The predicted molar refractivity (Wildman–Crippen MR) is 73.1 cm³/mol. The van der Waals surface area contributed by atoms with Gasteiger partial charge in [-0.2, -0.15) is 0 Å². The maximum Gasteiger partial charge on any atom is 0.273 e. The van der Waals surface area contributed by atoms with Gasteiger partial charge in [0.1, 0.15) is 12.3 Å². The van der Waals surface area contributed by atoms with Crippen LogP contribution >= 0.6 is 0 Å². The van der Waals surface area contributed by atoms with E-state index in [-0.39, 0.29) is 24.1 Å². The molecule has 2 atom stereocenters. The number of aromatic nitrogens is 1. The summed E-state index contributed by atoms with van der Waals surface area (Å²) < 4.78 is 5.07. The molecule has 0 aliphatic carbocycles. The van der Waals surface area contributed by atoms with Crippen LogP contribution in [-0.4, -0.2) is 53.7 Å². The highest BCUT2D eigenvalue weighted by Crippen LogP contribution is 2.17. The lowest BCUT2D eigenvalue weighted by atomic mass is 10.1. The molecule has 1 aromatic rings. The molecule has 7 nitrogen and oxygen atoms in total. The van der Waals surface area contributed by atoms with Crippen molar-refractivity contribution in [3.05, 3.63) is 17.8 Å². The van der Waals surface area contributed by atoms with Crippen molar-refractivity contribution in [1.29, 1.82) is 0 Å². The fourth-order valence-electron chi connectivity index (χ4n) is 2.43. The molecule has 1 amide bonds. The SMILES string of the molecule is CN1CCCC1CCNC(=O)c1coc(C(N)CO)n1. The number of rotatable bonds is 6. The first-order valence-electron chi connectivity index (χ1n) is 6.92. The minimum absolute atomic E-state index is 0.174. The van der Waals surface area contributed by atoms with Crippen molar-refractivity contribution in [1.82, 2.24) is 15.2 Å². The van der Waals surface area contributed by atoms with E-state index in [1.807, 2.05) is 0 Å². The summed E-state index contributed by atoms with van der Waals surface area (Å²) in [6.07, 6.45) is 4.61. The van der Waals surface area contributed by atoms with Crippen LogP contribution in [0.5, 0.6) is 0 Å². The Balaban J connectivity index is 1.78. The van der Waals surface area contributed by atoms with Crippen LogP contribution in [0.25, 0.3) is 0 Å². The lowest BCUT2D eigenvalue weighted by Crippen LogP contribution is -2.32. The number of aliphatic hydroxyl groups excluding tert-OH is 1. The molecule has 112 valence electrons. The van der Waals surface area contributed by atoms with Crippen LogP contribution < -0.4 is 11.1 Å². The molecule has 0 saturated carbocycles. The number of nitrogens with one attached hydrogen (secondary N) is 1. The van der Waals surface area contributed by atoms with Gasteiger partial charge >= 0.3 is 0 Å². The second-order valence-corrected chi connectivity index (χ2v) is 5.18. The van der Waals surface area contributed by atoms with Gasteiger partial charge < -0.3 is 25.5 Å². The highest BCUT2D eigenvalue weighted by Gasteiger charge is 2.21. The van der Waals surface area contributed by atoms with Gasteiger partial charge in [0.15, 0.2) is 5.69 Å². The zero-order valence-corrected chi connectivity index (χ0v) is 11.7. The molecule has 1 aliphatic heterocycles. The number of hydrogen-bond donors (Lipinski definition) is 3. The summed E-state index contributed by atoms with van der Waals surface area (Å²) in [6.45, 7) is 1.47. The number of amides is 1. The Labute approximate surface area is 118 Å². The number of carbonyl (C=O) groups excluding carboxylic acids is 1. The predicted octanol–water partition coefficient (Wildman–Crippen LogP) is -0.119. The van der Waals surface area contributed by atoms with Crippen LogP contribution in [0.2, 0.25) is 0 Å². The van der Waals surface area contributed by atoms with Gasteiger partial charge in [-0.3, -0.25) is 4.79 Å². The smallest absolute Gasteiger partial charge is 0.273 e. The fraction of sp³-hybridized carbons (Fsp3) is 0.692. The van der Waals surface area contributed by atoms with Crippen LogP contribution in [0.1, 0.15) is 41.7 Å². The van der Waals surface area contributed by atoms with Gasteiger partial charge in [-0.25, -0.2) is 4.98 Å². The number of oxazole rings is 1. The summed E-state index contributed by atoms with van der Waals surface area (Å²) in [6, 6.07) is -0.144. The second-order valence-electron chi connectivity index (χ2n) is 5.18. The Morgan fingerprint density at radius 2 is 2.55 bits per heavy atom. The minimum Gasteiger partial charge on any atom is -0.446 e. The van der Waals surface area contributed by atoms with E-state index in [9.17, 15) is 4.79 Å². The molecular formula is C13H22N4O3. The van der Waals surface area contributed by atoms with Crippen LogP contribution in [0, 0.1) is 0 Å². The van der Waals surface area contributed by atoms with Gasteiger partial charge in [0.05, 0.1) is 6.61 Å². The van der Waals surface area contributed by atoms with Gasteiger partial charge in [-0.1, -0.05) is 0 Å². The third-order valence-electron chi connectivity index (χ3n) is 3.70. The summed E-state index contributed by atoms with van der Waals surface area (Å²) in [5, 5.41) is 11.7. The molecule has 0 spiro atoms. The van der Waals surface area contributed by atoms with E-state index < -0.39 is 6.04 Å². The van der Waals surface area contributed by atoms with Crippen LogP contribution in [0.4, 0.5) is 0 Å². The Morgan fingerprint density at radius 3 is 3.20 bits per heavy atom. The van der Waals surface area contributed by atoms with Gasteiger partial charge in [-0.05, 0) is 32.9 Å². The lowest BCUT2D eigenvalue weighted by Gasteiger charge is -2.18. The molecular weight excluding hydrogens is 260 g/mol. The van der Waals surface area contributed by atoms with Gasteiger partial charge in [0.25, 0.3) is 5.91 Å². The molecule has 2 rings (SSSR count). The van der Waals surface area contributed by atoms with E-state index in [0.717, 1.165) is 13.0 Å². The van der Waals surface area contributed by atoms with E-state index >= 15 is 0 Å². The normalized spacial score (nSPS) is 21.1. The van der Waals surface area contributed by atoms with Crippen molar-refractivity contribution >= 4 is 5.91 Å². The zero-order chi connectivity index (χ0) is 14.5. The number of nitrogens with zero attached hydrogens (tertiary/aromatic N) is 2. The van der Waals surface area contributed by atoms with E-state index in [1.165, 1.54) is 19.1 Å². The summed E-state index contributed by atoms with van der Waals surface area (Å²) >= 11 is 0. The third kappa shape index (κ3) is 3.56. The number of carbonyl (C=O) groups is 1. The second kappa shape index (κ2) is 6.83. The van der Waals surface area contributed by atoms with Crippen LogP contribution in [0.3, 0.4) is 0 Å². The monoisotopic (exact) mass is 282 g/mol. The summed E-state index contributed by atoms with van der Waals surface area (Å²) in [4.78, 5) is 18.2. The minimum atomic E-state index is -0.691. The first-order valence-corrected chi connectivity index (χ1v) is 6.92. The third-order valence-corrected chi connectivity index (χ3v) is 3.70. The fourth-order valence-corrected chi connectivity index (χ4v) is 2.43. The Hall–Kier alpha value is -1.44. The quantitative estimate of drug-likeness (QED) is 0.672. The van der Waals surface area contributed by atoms with E-state index in [4.69, 9.17) is 15.3 Å². The molecule has 0 bridgehead atoms. The van der Waals surface area contributed by atoms with Crippen molar-refractivity contribution < 1.29 is 14.3 Å². The molecule has 7 heteroatoms. The highest BCUT2D eigenvalue weighted by molar-refractivity contribution is 5.91. The number of hydrogen-bond acceptors (Lipinski definition) is 6. The van der Waals surface area contributed by atoms with Crippen molar-refractivity contribution in [2.45, 2.75) is 31.3 Å². The van der Waals surface area contributed by atoms with Crippen LogP contribution in [0.15, 0.2) is 10.7 Å². The van der Waals surface area contributed by atoms with Gasteiger partial charge in [0.2, 0.25) is 5.89 Å². The maximum atomic E-state index is 11.9. The average Bonchev–Trinajstić information content (AvgIpc) is 3.07. The first kappa shape index (κ1) is 15.0. The van der Waals surface area contributed by atoms with E-state index in [0.29, 0.717) is 12.6 Å². The largest absolute Gasteiger partial charge is 0.446 e. The van der Waals surface area contributed by atoms with E-state index in [2.05, 4.69) is 22.2 Å². The molecule has 1 saturated heterocycles. The molecule has 0 aromatic carbocycles. The molecule has 1 fully saturated rings. The molecule has 1 aromatic heterocycles. The molecule has 4 N–H and O–H groups in total. The molecule has 2 heterocycles. The van der Waals surface area contributed by atoms with Gasteiger partial charge in [-0.15, -0.1) is 0 Å². The number of aliphatic hydroxyl groups is 1. The topological polar surface area (TPSA) is 105 Å². The zero-order valence-electron chi connectivity index (χ0n) is 11.7. The number of likely N-dealkylation sites (tertiary alicyclic amines) is 1. The van der Waals surface area contributed by atoms with Crippen LogP contribution in [-0.2, 0) is 0 Å². The summed E-state index contributed by atoms with van der Waals surface area (Å²) in [5.41, 5.74) is 5.76. The molecule has 1 aliphatic rings. The average molecular weight is 282 g/mol. The van der Waals surface area contributed by atoms with Gasteiger partial charge in [0, 0.05) is 12.6 Å². The van der Waals surface area contributed by atoms with Crippen molar-refractivity contribution in [3.63, 3.8) is 0 Å². The Morgan fingerprint density at radius 1 is 1.75 bits per heavy atom. The Bertz CT molecular complexity index is 449. The molecule has 0 radical (unpaired) electrons. The maximum absolute atomic E-state index is 11.9. The molecule has 2 unspecified atom stereocenters.